The molecule has 10 heteroatoms. The second-order valence-corrected chi connectivity index (χ2v) is 10.6. The highest BCUT2D eigenvalue weighted by atomic mass is 19.1. The van der Waals surface area contributed by atoms with Crippen molar-refractivity contribution in [3.8, 4) is 28.8 Å². The van der Waals surface area contributed by atoms with Crippen LogP contribution in [-0.4, -0.2) is 54.1 Å². The summed E-state index contributed by atoms with van der Waals surface area (Å²) in [5.41, 5.74) is 3.55. The minimum absolute atomic E-state index is 0.0404. The molecule has 40 heavy (non-hydrogen) atoms. The summed E-state index contributed by atoms with van der Waals surface area (Å²) in [5, 5.41) is 12.5. The molecular formula is C30H29FN6O3. The Labute approximate surface area is 231 Å². The summed E-state index contributed by atoms with van der Waals surface area (Å²) >= 11 is 0. The number of rotatable bonds is 6. The first-order valence-electron chi connectivity index (χ1n) is 13.1. The van der Waals surface area contributed by atoms with Gasteiger partial charge in [-0.05, 0) is 37.1 Å². The summed E-state index contributed by atoms with van der Waals surface area (Å²) in [6.07, 6.45) is 6.68. The van der Waals surface area contributed by atoms with Crippen LogP contribution in [0, 0.1) is 23.1 Å². The number of halogens is 1. The number of fused-ring (bicyclic) bond motifs is 1. The number of carbonyl (C=O) groups excluding carboxylic acids is 2. The summed E-state index contributed by atoms with van der Waals surface area (Å²) in [6.45, 7) is 5.91. The molecule has 9 nitrogen and oxygen atoms in total. The molecule has 4 heterocycles. The van der Waals surface area contributed by atoms with Crippen LogP contribution in [0.2, 0.25) is 0 Å². The maximum Gasteiger partial charge on any atom is 0.255 e. The molecule has 0 bridgehead atoms. The van der Waals surface area contributed by atoms with Gasteiger partial charge in [0.1, 0.15) is 5.54 Å². The predicted molar refractivity (Wildman–Crippen MR) is 149 cm³/mol. The molecule has 0 atom stereocenters. The minimum atomic E-state index is -0.661. The zero-order valence-corrected chi connectivity index (χ0v) is 22.0. The Kier molecular flexibility index (Phi) is 6.31. The molecule has 6 rings (SSSR count). The summed E-state index contributed by atoms with van der Waals surface area (Å²) in [5.74, 6) is 5.62. The van der Waals surface area contributed by atoms with E-state index in [0.29, 0.717) is 46.7 Å². The van der Waals surface area contributed by atoms with Crippen LogP contribution in [-0.2, 0) is 11.2 Å². The number of benzene rings is 1. The first-order chi connectivity index (χ1) is 19.4. The molecule has 2 aromatic heterocycles. The lowest BCUT2D eigenvalue weighted by Gasteiger charge is -2.59. The van der Waals surface area contributed by atoms with Gasteiger partial charge in [0.2, 0.25) is 5.91 Å². The molecule has 0 radical (unpaired) electrons. The van der Waals surface area contributed by atoms with E-state index < -0.39 is 11.4 Å². The zero-order chi connectivity index (χ0) is 27.9. The number of anilines is 2. The Hall–Kier alpha value is -4.62. The Balaban J connectivity index is 1.43. The molecule has 1 aliphatic carbocycles. The van der Waals surface area contributed by atoms with Crippen molar-refractivity contribution in [1.82, 2.24) is 25.9 Å². The number of pyridine rings is 1. The highest BCUT2D eigenvalue weighted by Gasteiger charge is 2.57. The van der Waals surface area contributed by atoms with E-state index in [0.717, 1.165) is 31.6 Å². The number of aromatic amines is 1. The van der Waals surface area contributed by atoms with Crippen LogP contribution >= 0.6 is 0 Å². The summed E-state index contributed by atoms with van der Waals surface area (Å²) in [4.78, 5) is 33.0. The molecule has 5 N–H and O–H groups in total. The van der Waals surface area contributed by atoms with E-state index in [-0.39, 0.29) is 23.0 Å². The van der Waals surface area contributed by atoms with Crippen LogP contribution in [0.25, 0.3) is 11.3 Å². The zero-order valence-electron chi connectivity index (χ0n) is 22.0. The Morgan fingerprint density at radius 2 is 2.10 bits per heavy atom. The fourth-order valence-electron chi connectivity index (χ4n) is 6.01. The maximum atomic E-state index is 14.5. The smallest absolute Gasteiger partial charge is 0.255 e. The number of aromatic nitrogens is 2. The minimum Gasteiger partial charge on any atom is -0.492 e. The second-order valence-electron chi connectivity index (χ2n) is 10.6. The van der Waals surface area contributed by atoms with Crippen LogP contribution in [0.4, 0.5) is 15.8 Å². The lowest BCUT2D eigenvalue weighted by atomic mass is 9.54. The molecule has 2 fully saturated rings. The number of amides is 2. The Morgan fingerprint density at radius 3 is 2.83 bits per heavy atom. The summed E-state index contributed by atoms with van der Waals surface area (Å²) in [7, 11) is 1.39. The first kappa shape index (κ1) is 25.6. The van der Waals surface area contributed by atoms with Crippen molar-refractivity contribution in [2.24, 2.45) is 5.41 Å². The standard InChI is InChI=1S/C30H29FN6O3/c1-3-23(38)37-30(14-29(15-30)16-33-17-29)10-7-18-13-32-11-8-19(18)25-26(24-21(35-25)9-12-34-28(24)39)36-22-6-4-5-20(31)27(22)40-2/h3-6,8,11,13,33,35-36H,1,9,12,14-17H2,2H3,(H,34,39)(H,37,38). The van der Waals surface area contributed by atoms with Gasteiger partial charge in [0.15, 0.2) is 11.6 Å². The highest BCUT2D eigenvalue weighted by molar-refractivity contribution is 6.06. The molecule has 1 saturated heterocycles. The van der Waals surface area contributed by atoms with Crippen molar-refractivity contribution >= 4 is 23.2 Å². The molecule has 2 amide bonds. The van der Waals surface area contributed by atoms with E-state index in [4.69, 9.17) is 4.74 Å². The van der Waals surface area contributed by atoms with Crippen molar-refractivity contribution in [2.75, 3.05) is 32.1 Å². The largest absolute Gasteiger partial charge is 0.492 e. The topological polar surface area (TPSA) is 120 Å². The number of hydrogen-bond donors (Lipinski definition) is 5. The third-order valence-corrected chi connectivity index (χ3v) is 7.82. The number of nitrogens with one attached hydrogen (secondary N) is 5. The van der Waals surface area contributed by atoms with Gasteiger partial charge in [-0.3, -0.25) is 14.6 Å². The fourth-order valence-corrected chi connectivity index (χ4v) is 6.01. The predicted octanol–water partition coefficient (Wildman–Crippen LogP) is 3.03. The average molecular weight is 541 g/mol. The third kappa shape index (κ3) is 4.38. The van der Waals surface area contributed by atoms with Gasteiger partial charge in [0.05, 0.1) is 35.3 Å². The molecule has 1 saturated carbocycles. The van der Waals surface area contributed by atoms with E-state index in [9.17, 15) is 14.0 Å². The SMILES string of the molecule is C=CC(=O)NC1(C#Cc2cnccc2-c2[nH]c3c(c2Nc2cccc(F)c2OC)C(=O)NCC3)CC2(CNC2)C1. The Morgan fingerprint density at radius 1 is 1.27 bits per heavy atom. The van der Waals surface area contributed by atoms with E-state index in [1.54, 1.807) is 24.5 Å². The molecular weight excluding hydrogens is 511 g/mol. The maximum absolute atomic E-state index is 14.5. The normalized spacial score (nSPS) is 17.7. The number of para-hydroxylation sites is 1. The number of nitrogens with zero attached hydrogens (tertiary/aromatic N) is 1. The van der Waals surface area contributed by atoms with Gasteiger partial charge in [-0.25, -0.2) is 4.39 Å². The second kappa shape index (κ2) is 9.84. The van der Waals surface area contributed by atoms with Crippen molar-refractivity contribution in [3.63, 3.8) is 0 Å². The van der Waals surface area contributed by atoms with Gasteiger partial charge < -0.3 is 31.0 Å². The number of hydrogen-bond acceptors (Lipinski definition) is 6. The van der Waals surface area contributed by atoms with Gasteiger partial charge >= 0.3 is 0 Å². The lowest BCUT2D eigenvalue weighted by Crippen LogP contribution is -2.71. The van der Waals surface area contributed by atoms with Gasteiger partial charge in [-0.15, -0.1) is 0 Å². The van der Waals surface area contributed by atoms with Crippen LogP contribution in [0.3, 0.4) is 0 Å². The van der Waals surface area contributed by atoms with E-state index >= 15 is 0 Å². The number of carbonyl (C=O) groups is 2. The van der Waals surface area contributed by atoms with E-state index in [1.807, 2.05) is 6.07 Å². The van der Waals surface area contributed by atoms with Crippen molar-refractivity contribution in [1.29, 1.82) is 0 Å². The van der Waals surface area contributed by atoms with Crippen LogP contribution in [0.1, 0.15) is 34.5 Å². The van der Waals surface area contributed by atoms with Crippen molar-refractivity contribution in [3.05, 3.63) is 72.0 Å². The van der Waals surface area contributed by atoms with Gasteiger partial charge in [-0.1, -0.05) is 24.5 Å². The Bertz CT molecular complexity index is 1590. The first-order valence-corrected chi connectivity index (χ1v) is 13.1. The number of H-pyrrole nitrogens is 1. The van der Waals surface area contributed by atoms with Gasteiger partial charge in [0, 0.05) is 55.1 Å². The monoisotopic (exact) mass is 540 g/mol. The van der Waals surface area contributed by atoms with Crippen LogP contribution < -0.4 is 26.0 Å². The lowest BCUT2D eigenvalue weighted by molar-refractivity contribution is -0.121. The van der Waals surface area contributed by atoms with Gasteiger partial charge in [0.25, 0.3) is 5.91 Å². The van der Waals surface area contributed by atoms with Gasteiger partial charge in [-0.2, -0.15) is 0 Å². The average Bonchev–Trinajstić information content (AvgIpc) is 3.28. The van der Waals surface area contributed by atoms with Crippen LogP contribution in [0.15, 0.2) is 49.3 Å². The summed E-state index contributed by atoms with van der Waals surface area (Å²) in [6, 6.07) is 6.39. The number of methoxy groups -OCH3 is 1. The molecule has 0 unspecified atom stereocenters. The molecule has 2 aliphatic heterocycles. The molecule has 204 valence electrons. The molecule has 3 aliphatic rings. The number of ether oxygens (including phenoxy) is 1. The third-order valence-electron chi connectivity index (χ3n) is 7.82. The van der Waals surface area contributed by atoms with E-state index in [1.165, 1.54) is 19.3 Å². The molecule has 3 aromatic rings. The van der Waals surface area contributed by atoms with Crippen molar-refractivity contribution < 1.29 is 18.7 Å². The van der Waals surface area contributed by atoms with Crippen molar-refractivity contribution in [2.45, 2.75) is 24.8 Å². The quantitative estimate of drug-likeness (QED) is 0.242. The van der Waals surface area contributed by atoms with E-state index in [2.05, 4.69) is 49.7 Å². The molecule has 1 spiro atoms. The van der Waals surface area contributed by atoms with Crippen LogP contribution in [0.5, 0.6) is 5.75 Å². The molecule has 1 aromatic carbocycles. The fraction of sp³-hybridized carbons (Fsp3) is 0.300. The highest BCUT2D eigenvalue weighted by Crippen LogP contribution is 2.51. The summed E-state index contributed by atoms with van der Waals surface area (Å²) < 4.78 is 19.8.